The first-order valence-corrected chi connectivity index (χ1v) is 12.0. The molecule has 0 atom stereocenters. The number of carbonyl (C=O) groups is 2. The van der Waals surface area contributed by atoms with Crippen LogP contribution in [0.1, 0.15) is 65.0 Å². The summed E-state index contributed by atoms with van der Waals surface area (Å²) in [7, 11) is 0. The maximum Gasteiger partial charge on any atom is 0.229 e. The number of amides is 1. The lowest BCUT2D eigenvalue weighted by atomic mass is 9.62. The van der Waals surface area contributed by atoms with Crippen LogP contribution in [0.2, 0.25) is 0 Å². The van der Waals surface area contributed by atoms with Crippen molar-refractivity contribution in [3.8, 4) is 0 Å². The zero-order valence-corrected chi connectivity index (χ0v) is 20.8. The molecule has 0 spiro atoms. The highest BCUT2D eigenvalue weighted by atomic mass is 19.1. The van der Waals surface area contributed by atoms with E-state index in [4.69, 9.17) is 4.98 Å². The fourth-order valence-corrected chi connectivity index (χ4v) is 4.60. The molecule has 1 N–H and O–H groups in total. The predicted octanol–water partition coefficient (Wildman–Crippen LogP) is 5.67. The van der Waals surface area contributed by atoms with E-state index in [1.807, 2.05) is 6.07 Å². The van der Waals surface area contributed by atoms with Crippen LogP contribution in [0.25, 0.3) is 0 Å². The number of anilines is 2. The third-order valence-electron chi connectivity index (χ3n) is 6.41. The van der Waals surface area contributed by atoms with Crippen LogP contribution in [-0.2, 0) is 21.4 Å². The first kappa shape index (κ1) is 25.8. The number of nitrogens with zero attached hydrogens (tertiary/aromatic N) is 2. The second-order valence-corrected chi connectivity index (χ2v) is 10.2. The van der Waals surface area contributed by atoms with Crippen molar-refractivity contribution in [3.05, 3.63) is 53.2 Å². The van der Waals surface area contributed by atoms with Crippen LogP contribution in [0, 0.1) is 23.5 Å². The fraction of sp³-hybridized carbons (Fsp3) is 0.519. The summed E-state index contributed by atoms with van der Waals surface area (Å²) in [4.78, 5) is 32.3. The molecule has 5 nitrogen and oxygen atoms in total. The highest BCUT2D eigenvalue weighted by Crippen LogP contribution is 2.45. The molecular formula is C27H35F2N3O2. The van der Waals surface area contributed by atoms with Crippen LogP contribution >= 0.6 is 0 Å². The third kappa shape index (κ3) is 5.80. The Morgan fingerprint density at radius 3 is 2.24 bits per heavy atom. The van der Waals surface area contributed by atoms with Crippen molar-refractivity contribution in [3.63, 3.8) is 0 Å². The van der Waals surface area contributed by atoms with Crippen LogP contribution < -0.4 is 10.2 Å². The summed E-state index contributed by atoms with van der Waals surface area (Å²) < 4.78 is 27.4. The van der Waals surface area contributed by atoms with Crippen molar-refractivity contribution in [2.75, 3.05) is 23.3 Å². The van der Waals surface area contributed by atoms with Gasteiger partial charge in [-0.25, -0.2) is 13.8 Å². The maximum atomic E-state index is 14.1. The quantitative estimate of drug-likeness (QED) is 0.485. The van der Waals surface area contributed by atoms with Gasteiger partial charge in [0.1, 0.15) is 17.4 Å². The summed E-state index contributed by atoms with van der Waals surface area (Å²) in [5.41, 5.74) is 0.866. The summed E-state index contributed by atoms with van der Waals surface area (Å²) in [5.74, 6) is -0.399. The highest BCUT2D eigenvalue weighted by molar-refractivity contribution is 5.96. The van der Waals surface area contributed by atoms with Crippen molar-refractivity contribution in [1.29, 1.82) is 0 Å². The number of nitrogens with one attached hydrogen (secondary N) is 1. The average Bonchev–Trinajstić information content (AvgIpc) is 2.68. The SMILES string of the molecule is CC(=O)C1(c2cnc(N(CC(C)C)CC(C)C)c(NC(=O)Cc3ccc(F)cc3F)c2)CCC1. The predicted molar refractivity (Wildman–Crippen MR) is 131 cm³/mol. The molecule has 1 saturated carbocycles. The van der Waals surface area contributed by atoms with Crippen molar-refractivity contribution < 1.29 is 18.4 Å². The van der Waals surface area contributed by atoms with E-state index in [2.05, 4.69) is 37.9 Å². The fourth-order valence-electron chi connectivity index (χ4n) is 4.60. The molecule has 0 radical (unpaired) electrons. The molecule has 34 heavy (non-hydrogen) atoms. The number of hydrogen-bond donors (Lipinski definition) is 1. The van der Waals surface area contributed by atoms with E-state index in [1.165, 1.54) is 6.07 Å². The minimum Gasteiger partial charge on any atom is -0.354 e. The van der Waals surface area contributed by atoms with E-state index < -0.39 is 23.0 Å². The number of halogens is 2. The van der Waals surface area contributed by atoms with Gasteiger partial charge in [0.05, 0.1) is 17.5 Å². The minimum absolute atomic E-state index is 0.0974. The van der Waals surface area contributed by atoms with Gasteiger partial charge < -0.3 is 10.2 Å². The smallest absolute Gasteiger partial charge is 0.229 e. The van der Waals surface area contributed by atoms with E-state index >= 15 is 0 Å². The lowest BCUT2D eigenvalue weighted by molar-refractivity contribution is -0.125. The molecule has 0 bridgehead atoms. The van der Waals surface area contributed by atoms with Gasteiger partial charge in [-0.1, -0.05) is 40.2 Å². The number of ketones is 1. The summed E-state index contributed by atoms with van der Waals surface area (Å²) >= 11 is 0. The van der Waals surface area contributed by atoms with Gasteiger partial charge in [0.25, 0.3) is 0 Å². The van der Waals surface area contributed by atoms with Crippen molar-refractivity contribution in [2.24, 2.45) is 11.8 Å². The van der Waals surface area contributed by atoms with E-state index in [1.54, 1.807) is 13.1 Å². The van der Waals surface area contributed by atoms with Gasteiger partial charge in [0.15, 0.2) is 5.82 Å². The normalized spacial score (nSPS) is 14.7. The molecule has 0 unspecified atom stereocenters. The van der Waals surface area contributed by atoms with E-state index in [9.17, 15) is 18.4 Å². The molecule has 1 aromatic heterocycles. The summed E-state index contributed by atoms with van der Waals surface area (Å²) in [6.45, 7) is 11.6. The van der Waals surface area contributed by atoms with Crippen molar-refractivity contribution in [2.45, 2.75) is 65.7 Å². The number of carbonyl (C=O) groups excluding carboxylic acids is 2. The maximum absolute atomic E-state index is 14.1. The monoisotopic (exact) mass is 471 g/mol. The van der Waals surface area contributed by atoms with E-state index in [-0.39, 0.29) is 17.8 Å². The lowest BCUT2D eigenvalue weighted by Gasteiger charge is -2.40. The molecule has 1 aliphatic carbocycles. The molecular weight excluding hydrogens is 436 g/mol. The van der Waals surface area contributed by atoms with Crippen LogP contribution in [-0.4, -0.2) is 29.8 Å². The number of pyridine rings is 1. The van der Waals surface area contributed by atoms with Gasteiger partial charge >= 0.3 is 0 Å². The molecule has 0 aliphatic heterocycles. The van der Waals surface area contributed by atoms with Crippen LogP contribution in [0.3, 0.4) is 0 Å². The number of Topliss-reactive ketones (excluding diaryl/α,β-unsaturated/α-hetero) is 1. The Morgan fingerprint density at radius 1 is 1.09 bits per heavy atom. The Hall–Kier alpha value is -2.83. The minimum atomic E-state index is -0.756. The van der Waals surface area contributed by atoms with Crippen molar-refractivity contribution >= 4 is 23.2 Å². The number of hydrogen-bond acceptors (Lipinski definition) is 4. The lowest BCUT2D eigenvalue weighted by Crippen LogP contribution is -2.41. The van der Waals surface area contributed by atoms with Gasteiger partial charge in [-0.2, -0.15) is 0 Å². The Bertz CT molecular complexity index is 1040. The Labute approximate surface area is 201 Å². The standard InChI is InChI=1S/C27H35F2N3O2/c1-17(2)15-32(16-18(3)4)26-24(12-21(14-30-26)27(19(5)33)9-6-10-27)31-25(34)11-20-7-8-22(28)13-23(20)29/h7-8,12-14,17-18H,6,9-11,15-16H2,1-5H3,(H,31,34). The number of aromatic nitrogens is 1. The topological polar surface area (TPSA) is 62.3 Å². The van der Waals surface area contributed by atoms with Crippen molar-refractivity contribution in [1.82, 2.24) is 4.98 Å². The van der Waals surface area contributed by atoms with Gasteiger partial charge in [-0.3, -0.25) is 9.59 Å². The molecule has 1 aromatic carbocycles. The molecule has 1 heterocycles. The molecule has 2 aromatic rings. The van der Waals surface area contributed by atoms with Gasteiger partial charge in [0.2, 0.25) is 5.91 Å². The van der Waals surface area contributed by atoms with Crippen LogP contribution in [0.4, 0.5) is 20.3 Å². The number of benzene rings is 1. The zero-order valence-electron chi connectivity index (χ0n) is 20.8. The average molecular weight is 472 g/mol. The summed E-state index contributed by atoms with van der Waals surface area (Å²) in [6, 6.07) is 5.05. The second-order valence-electron chi connectivity index (χ2n) is 10.2. The Kier molecular flexibility index (Phi) is 8.05. The summed E-state index contributed by atoms with van der Waals surface area (Å²) in [5, 5.41) is 2.91. The zero-order chi connectivity index (χ0) is 25.0. The molecule has 184 valence electrons. The molecule has 1 amide bonds. The molecule has 7 heteroatoms. The van der Waals surface area contributed by atoms with Crippen LogP contribution in [0.15, 0.2) is 30.5 Å². The molecule has 0 saturated heterocycles. The first-order chi connectivity index (χ1) is 16.0. The largest absolute Gasteiger partial charge is 0.354 e. The van der Waals surface area contributed by atoms with Gasteiger partial charge in [-0.15, -0.1) is 0 Å². The second kappa shape index (κ2) is 10.6. The Balaban J connectivity index is 1.98. The van der Waals surface area contributed by atoms with Gasteiger partial charge in [0, 0.05) is 25.4 Å². The Morgan fingerprint density at radius 2 is 1.74 bits per heavy atom. The summed E-state index contributed by atoms with van der Waals surface area (Å²) in [6.07, 6.45) is 4.03. The molecule has 3 rings (SSSR count). The van der Waals surface area contributed by atoms with E-state index in [0.29, 0.717) is 23.3 Å². The first-order valence-electron chi connectivity index (χ1n) is 12.0. The molecule has 1 fully saturated rings. The highest BCUT2D eigenvalue weighted by Gasteiger charge is 2.43. The van der Waals surface area contributed by atoms with Crippen LogP contribution in [0.5, 0.6) is 0 Å². The van der Waals surface area contributed by atoms with E-state index in [0.717, 1.165) is 50.0 Å². The van der Waals surface area contributed by atoms with Gasteiger partial charge in [-0.05, 0) is 54.9 Å². The molecule has 1 aliphatic rings. The number of rotatable bonds is 10. The third-order valence-corrected chi connectivity index (χ3v) is 6.41.